The van der Waals surface area contributed by atoms with E-state index in [1.54, 1.807) is 40.4 Å². The normalized spacial score (nSPS) is 10.7. The number of methoxy groups -OCH3 is 3. The SMILES string of the molecule is CCCOc1cc(-c2c(C(=O)OCC)c(CCl)nc3cc(OC)c(OC)cc23)ccc1OC. The van der Waals surface area contributed by atoms with Gasteiger partial charge in [0, 0.05) is 17.0 Å². The maximum atomic E-state index is 13.1. The van der Waals surface area contributed by atoms with E-state index in [1.807, 2.05) is 25.1 Å². The molecule has 0 atom stereocenters. The fourth-order valence-electron chi connectivity index (χ4n) is 3.62. The first kappa shape index (κ1) is 24.5. The van der Waals surface area contributed by atoms with Gasteiger partial charge in [-0.15, -0.1) is 11.6 Å². The van der Waals surface area contributed by atoms with E-state index in [2.05, 4.69) is 4.98 Å². The van der Waals surface area contributed by atoms with Crippen LogP contribution < -0.4 is 18.9 Å². The molecule has 0 aliphatic carbocycles. The summed E-state index contributed by atoms with van der Waals surface area (Å²) in [6, 6.07) is 9.09. The van der Waals surface area contributed by atoms with Crippen molar-refractivity contribution in [2.75, 3.05) is 34.5 Å². The Morgan fingerprint density at radius 3 is 2.24 bits per heavy atom. The molecule has 0 aliphatic rings. The highest BCUT2D eigenvalue weighted by atomic mass is 35.5. The third-order valence-corrected chi connectivity index (χ3v) is 5.34. The van der Waals surface area contributed by atoms with E-state index >= 15 is 0 Å². The number of nitrogens with zero attached hydrogens (tertiary/aromatic N) is 1. The van der Waals surface area contributed by atoms with Crippen LogP contribution in [0.3, 0.4) is 0 Å². The lowest BCUT2D eigenvalue weighted by Crippen LogP contribution is -2.12. The highest BCUT2D eigenvalue weighted by Crippen LogP contribution is 2.42. The lowest BCUT2D eigenvalue weighted by Gasteiger charge is -2.19. The molecule has 8 heteroatoms. The molecule has 3 aromatic rings. The number of ether oxygens (including phenoxy) is 5. The molecule has 0 amide bonds. The summed E-state index contributed by atoms with van der Waals surface area (Å²) >= 11 is 6.24. The predicted molar refractivity (Wildman–Crippen MR) is 128 cm³/mol. The Hall–Kier alpha value is -3.19. The molecule has 0 fully saturated rings. The largest absolute Gasteiger partial charge is 0.493 e. The summed E-state index contributed by atoms with van der Waals surface area (Å²) in [6.07, 6.45) is 0.840. The van der Waals surface area contributed by atoms with E-state index in [4.69, 9.17) is 35.3 Å². The summed E-state index contributed by atoms with van der Waals surface area (Å²) in [5.74, 6) is 1.73. The van der Waals surface area contributed by atoms with Gasteiger partial charge in [0.2, 0.25) is 0 Å². The van der Waals surface area contributed by atoms with Gasteiger partial charge in [0.05, 0.1) is 57.2 Å². The number of aromatic nitrogens is 1. The second-order valence-electron chi connectivity index (χ2n) is 7.10. The van der Waals surface area contributed by atoms with Crippen molar-refractivity contribution in [3.8, 4) is 34.1 Å². The van der Waals surface area contributed by atoms with Crippen LogP contribution >= 0.6 is 11.6 Å². The van der Waals surface area contributed by atoms with E-state index in [0.29, 0.717) is 57.3 Å². The number of halogens is 1. The van der Waals surface area contributed by atoms with E-state index < -0.39 is 5.97 Å². The number of hydrogen-bond donors (Lipinski definition) is 0. The Morgan fingerprint density at radius 1 is 0.939 bits per heavy atom. The maximum absolute atomic E-state index is 13.1. The van der Waals surface area contributed by atoms with Crippen LogP contribution in [0.15, 0.2) is 30.3 Å². The molecule has 3 rings (SSSR count). The molecule has 1 heterocycles. The molecule has 0 unspecified atom stereocenters. The van der Waals surface area contributed by atoms with Crippen molar-refractivity contribution in [1.82, 2.24) is 4.98 Å². The Labute approximate surface area is 198 Å². The quantitative estimate of drug-likeness (QED) is 0.279. The molecule has 176 valence electrons. The molecule has 2 aromatic carbocycles. The summed E-state index contributed by atoms with van der Waals surface area (Å²) in [6.45, 7) is 4.53. The first-order chi connectivity index (χ1) is 16.0. The van der Waals surface area contributed by atoms with Crippen LogP contribution in [0.1, 0.15) is 36.3 Å². The maximum Gasteiger partial charge on any atom is 0.340 e. The molecule has 0 spiro atoms. The van der Waals surface area contributed by atoms with Gasteiger partial charge in [0.25, 0.3) is 0 Å². The monoisotopic (exact) mass is 473 g/mol. The molecule has 0 N–H and O–H groups in total. The number of benzene rings is 2. The highest BCUT2D eigenvalue weighted by molar-refractivity contribution is 6.18. The fraction of sp³-hybridized carbons (Fsp3) is 0.360. The molecular weight excluding hydrogens is 446 g/mol. The Balaban J connectivity index is 2.42. The second kappa shape index (κ2) is 11.1. The van der Waals surface area contributed by atoms with Gasteiger partial charge in [-0.3, -0.25) is 4.98 Å². The minimum absolute atomic E-state index is 0.0286. The number of pyridine rings is 1. The molecule has 0 saturated carbocycles. The minimum atomic E-state index is -0.501. The van der Waals surface area contributed by atoms with Crippen LogP contribution in [-0.2, 0) is 10.6 Å². The lowest BCUT2D eigenvalue weighted by molar-refractivity contribution is 0.0526. The van der Waals surface area contributed by atoms with Crippen molar-refractivity contribution < 1.29 is 28.5 Å². The van der Waals surface area contributed by atoms with Gasteiger partial charge in [-0.1, -0.05) is 13.0 Å². The van der Waals surface area contributed by atoms with Crippen molar-refractivity contribution in [2.45, 2.75) is 26.1 Å². The van der Waals surface area contributed by atoms with E-state index in [1.165, 1.54) is 0 Å². The van der Waals surface area contributed by atoms with Crippen LogP contribution in [0.2, 0.25) is 0 Å². The molecule has 0 radical (unpaired) electrons. The van der Waals surface area contributed by atoms with Gasteiger partial charge in [-0.05, 0) is 37.1 Å². The highest BCUT2D eigenvalue weighted by Gasteiger charge is 2.25. The van der Waals surface area contributed by atoms with Gasteiger partial charge in [-0.25, -0.2) is 4.79 Å². The zero-order chi connectivity index (χ0) is 24.0. The lowest BCUT2D eigenvalue weighted by atomic mass is 9.93. The summed E-state index contributed by atoms with van der Waals surface area (Å²) in [5.41, 5.74) is 2.68. The third kappa shape index (κ3) is 4.93. The summed E-state index contributed by atoms with van der Waals surface area (Å²) in [4.78, 5) is 17.7. The van der Waals surface area contributed by atoms with Crippen LogP contribution in [-0.4, -0.2) is 45.5 Å². The van der Waals surface area contributed by atoms with Crippen LogP contribution in [0.25, 0.3) is 22.0 Å². The Bertz CT molecular complexity index is 1150. The van der Waals surface area contributed by atoms with Gasteiger partial charge < -0.3 is 23.7 Å². The van der Waals surface area contributed by atoms with Crippen molar-refractivity contribution in [3.63, 3.8) is 0 Å². The number of carbonyl (C=O) groups is 1. The molecule has 0 aliphatic heterocycles. The van der Waals surface area contributed by atoms with Crippen LogP contribution in [0, 0.1) is 0 Å². The topological polar surface area (TPSA) is 76.1 Å². The average Bonchev–Trinajstić information content (AvgIpc) is 2.85. The molecule has 0 bridgehead atoms. The van der Waals surface area contributed by atoms with Crippen LogP contribution in [0.5, 0.6) is 23.0 Å². The van der Waals surface area contributed by atoms with Gasteiger partial charge in [0.1, 0.15) is 0 Å². The molecule has 0 saturated heterocycles. The average molecular weight is 474 g/mol. The summed E-state index contributed by atoms with van der Waals surface area (Å²) < 4.78 is 27.7. The first-order valence-corrected chi connectivity index (χ1v) is 11.2. The van der Waals surface area contributed by atoms with Gasteiger partial charge in [-0.2, -0.15) is 0 Å². The molecular formula is C25H28ClNO6. The van der Waals surface area contributed by atoms with Crippen molar-refractivity contribution in [3.05, 3.63) is 41.6 Å². The second-order valence-corrected chi connectivity index (χ2v) is 7.37. The third-order valence-electron chi connectivity index (χ3n) is 5.09. The van der Waals surface area contributed by atoms with Gasteiger partial charge >= 0.3 is 5.97 Å². The zero-order valence-electron chi connectivity index (χ0n) is 19.5. The predicted octanol–water partition coefficient (Wildman–Crippen LogP) is 5.63. The van der Waals surface area contributed by atoms with E-state index in [9.17, 15) is 4.79 Å². The van der Waals surface area contributed by atoms with Crippen molar-refractivity contribution >= 4 is 28.5 Å². The number of alkyl halides is 1. The molecule has 7 nitrogen and oxygen atoms in total. The van der Waals surface area contributed by atoms with Crippen molar-refractivity contribution in [2.24, 2.45) is 0 Å². The van der Waals surface area contributed by atoms with Crippen molar-refractivity contribution in [1.29, 1.82) is 0 Å². The fourth-order valence-corrected chi connectivity index (χ4v) is 3.81. The number of carbonyl (C=O) groups excluding carboxylic acids is 1. The van der Waals surface area contributed by atoms with E-state index in [-0.39, 0.29) is 12.5 Å². The Morgan fingerprint density at radius 2 is 1.64 bits per heavy atom. The van der Waals surface area contributed by atoms with Crippen LogP contribution in [0.4, 0.5) is 0 Å². The smallest absolute Gasteiger partial charge is 0.340 e. The number of fused-ring (bicyclic) bond motifs is 1. The Kier molecular flexibility index (Phi) is 8.22. The summed E-state index contributed by atoms with van der Waals surface area (Å²) in [7, 11) is 4.70. The standard InChI is InChI=1S/C25H28ClNO6/c1-6-10-33-22-11-15(8-9-19(22)29-3)23-16-12-20(30-4)21(31-5)13-17(16)27-18(14-26)24(23)25(28)32-7-2/h8-9,11-13H,6-7,10,14H2,1-5H3. The summed E-state index contributed by atoms with van der Waals surface area (Å²) in [5, 5.41) is 0.691. The van der Waals surface area contributed by atoms with Gasteiger partial charge in [0.15, 0.2) is 23.0 Å². The number of rotatable bonds is 10. The zero-order valence-corrected chi connectivity index (χ0v) is 20.2. The van der Waals surface area contributed by atoms with E-state index in [0.717, 1.165) is 12.0 Å². The first-order valence-electron chi connectivity index (χ1n) is 10.7. The minimum Gasteiger partial charge on any atom is -0.493 e. The molecule has 1 aromatic heterocycles. The number of hydrogen-bond acceptors (Lipinski definition) is 7. The number of esters is 1. The molecule has 33 heavy (non-hydrogen) atoms.